The maximum absolute atomic E-state index is 12.2. The molecule has 7 nitrogen and oxygen atoms in total. The Bertz CT molecular complexity index is 731. The second kappa shape index (κ2) is 8.07. The average molecular weight is 382 g/mol. The summed E-state index contributed by atoms with van der Waals surface area (Å²) in [5, 5.41) is 11.9. The summed E-state index contributed by atoms with van der Waals surface area (Å²) in [7, 11) is 0. The molecule has 2 heterocycles. The van der Waals surface area contributed by atoms with Gasteiger partial charge in [0.2, 0.25) is 11.1 Å². The van der Waals surface area contributed by atoms with Crippen molar-refractivity contribution in [3.63, 3.8) is 0 Å². The van der Waals surface area contributed by atoms with Crippen LogP contribution in [0.2, 0.25) is 5.02 Å². The van der Waals surface area contributed by atoms with Crippen molar-refractivity contribution < 1.29 is 9.53 Å². The monoisotopic (exact) mass is 381 g/mol. The van der Waals surface area contributed by atoms with Gasteiger partial charge in [-0.1, -0.05) is 23.4 Å². The van der Waals surface area contributed by atoms with Crippen LogP contribution in [0.5, 0.6) is 0 Å². The Morgan fingerprint density at radius 2 is 2.24 bits per heavy atom. The summed E-state index contributed by atoms with van der Waals surface area (Å²) in [4.78, 5) is 12.2. The van der Waals surface area contributed by atoms with E-state index in [1.165, 1.54) is 16.4 Å². The fourth-order valence-corrected chi connectivity index (χ4v) is 3.45. The van der Waals surface area contributed by atoms with E-state index in [1.807, 2.05) is 19.1 Å². The Hall–Kier alpha value is -1.77. The van der Waals surface area contributed by atoms with Crippen molar-refractivity contribution in [2.75, 3.05) is 19.0 Å². The van der Waals surface area contributed by atoms with Gasteiger partial charge < -0.3 is 15.9 Å². The smallest absolute Gasteiger partial charge is 0.233 e. The van der Waals surface area contributed by atoms with Crippen LogP contribution in [0, 0.1) is 0 Å². The van der Waals surface area contributed by atoms with Crippen LogP contribution in [-0.4, -0.2) is 45.3 Å². The van der Waals surface area contributed by atoms with Crippen LogP contribution < -0.4 is 11.2 Å². The molecule has 3 N–H and O–H groups in total. The van der Waals surface area contributed by atoms with Gasteiger partial charge in [-0.05, 0) is 44.0 Å². The number of ether oxygens (including phenoxy) is 1. The molecule has 3 rings (SSSR count). The highest BCUT2D eigenvalue weighted by Gasteiger charge is 2.22. The topological polar surface area (TPSA) is 95.1 Å². The van der Waals surface area contributed by atoms with Gasteiger partial charge in [0.05, 0.1) is 11.4 Å². The van der Waals surface area contributed by atoms with Crippen molar-refractivity contribution in [1.82, 2.24) is 20.2 Å². The molecule has 1 aliphatic rings. The zero-order valence-electron chi connectivity index (χ0n) is 13.8. The molecule has 2 atom stereocenters. The van der Waals surface area contributed by atoms with E-state index in [9.17, 15) is 4.79 Å². The number of thioether (sulfide) groups is 1. The van der Waals surface area contributed by atoms with Crippen LogP contribution in [0.4, 0.5) is 0 Å². The number of carbonyl (C=O) groups excluding carboxylic acids is 1. The summed E-state index contributed by atoms with van der Waals surface area (Å²) in [5.41, 5.74) is 0.807. The van der Waals surface area contributed by atoms with Gasteiger partial charge in [-0.15, -0.1) is 10.2 Å². The first-order valence-electron chi connectivity index (χ1n) is 8.07. The van der Waals surface area contributed by atoms with E-state index in [4.69, 9.17) is 22.2 Å². The number of hydrogen-bond donors (Lipinski definition) is 2. The van der Waals surface area contributed by atoms with Crippen LogP contribution in [0.3, 0.4) is 0 Å². The summed E-state index contributed by atoms with van der Waals surface area (Å²) in [6.45, 7) is 3.12. The molecule has 25 heavy (non-hydrogen) atoms. The van der Waals surface area contributed by atoms with Gasteiger partial charge in [0.1, 0.15) is 0 Å². The largest absolute Gasteiger partial charge is 0.376 e. The molecule has 1 aromatic heterocycles. The average Bonchev–Trinajstić information content (AvgIpc) is 3.24. The number of aromatic nitrogens is 3. The molecule has 0 spiro atoms. The predicted molar refractivity (Wildman–Crippen MR) is 97.9 cm³/mol. The summed E-state index contributed by atoms with van der Waals surface area (Å²) in [5.74, 6) is 6.53. The van der Waals surface area contributed by atoms with Gasteiger partial charge in [0.25, 0.3) is 0 Å². The molecule has 1 aliphatic heterocycles. The maximum Gasteiger partial charge on any atom is 0.233 e. The lowest BCUT2D eigenvalue weighted by Crippen LogP contribution is -2.36. The number of carbonyl (C=O) groups is 1. The molecule has 0 saturated carbocycles. The first kappa shape index (κ1) is 18.0. The summed E-state index contributed by atoms with van der Waals surface area (Å²) in [6.07, 6.45) is 2.16. The first-order valence-corrected chi connectivity index (χ1v) is 9.32. The van der Waals surface area contributed by atoms with E-state index in [0.717, 1.165) is 25.0 Å². The van der Waals surface area contributed by atoms with E-state index >= 15 is 0 Å². The second-order valence-electron chi connectivity index (χ2n) is 5.82. The van der Waals surface area contributed by atoms with E-state index in [2.05, 4.69) is 15.5 Å². The third-order valence-corrected chi connectivity index (χ3v) is 5.26. The lowest BCUT2D eigenvalue weighted by molar-refractivity contribution is -0.120. The minimum absolute atomic E-state index is 0.0726. The number of halogens is 1. The number of benzene rings is 1. The van der Waals surface area contributed by atoms with Crippen LogP contribution in [-0.2, 0) is 9.53 Å². The van der Waals surface area contributed by atoms with E-state index in [0.29, 0.717) is 22.5 Å². The van der Waals surface area contributed by atoms with Crippen LogP contribution in [0.1, 0.15) is 19.8 Å². The fourth-order valence-electron chi connectivity index (χ4n) is 2.53. The van der Waals surface area contributed by atoms with Gasteiger partial charge in [0, 0.05) is 23.7 Å². The number of rotatable bonds is 6. The van der Waals surface area contributed by atoms with E-state index in [-0.39, 0.29) is 17.3 Å². The fraction of sp³-hybridized carbons (Fsp3) is 0.438. The molecule has 0 radical (unpaired) electrons. The van der Waals surface area contributed by atoms with Crippen molar-refractivity contribution in [3.8, 4) is 11.4 Å². The van der Waals surface area contributed by atoms with Gasteiger partial charge in [0.15, 0.2) is 5.82 Å². The highest BCUT2D eigenvalue weighted by Crippen LogP contribution is 2.25. The number of nitrogens with zero attached hydrogens (tertiary/aromatic N) is 3. The molecule has 9 heteroatoms. The molecular weight excluding hydrogens is 362 g/mol. The summed E-state index contributed by atoms with van der Waals surface area (Å²) >= 11 is 7.16. The molecule has 0 bridgehead atoms. The second-order valence-corrected chi connectivity index (χ2v) is 7.57. The summed E-state index contributed by atoms with van der Waals surface area (Å²) in [6, 6.07) is 7.17. The predicted octanol–water partition coefficient (Wildman–Crippen LogP) is 2.09. The summed E-state index contributed by atoms with van der Waals surface area (Å²) < 4.78 is 6.89. The van der Waals surface area contributed by atoms with E-state index in [1.54, 1.807) is 12.1 Å². The minimum Gasteiger partial charge on any atom is -0.376 e. The molecule has 134 valence electrons. The zero-order chi connectivity index (χ0) is 17.8. The molecule has 2 aromatic rings. The van der Waals surface area contributed by atoms with Crippen molar-refractivity contribution in [1.29, 1.82) is 0 Å². The van der Waals surface area contributed by atoms with Gasteiger partial charge in [-0.2, -0.15) is 0 Å². The third kappa shape index (κ3) is 4.45. The lowest BCUT2D eigenvalue weighted by atomic mass is 10.2. The zero-order valence-corrected chi connectivity index (χ0v) is 15.4. The number of amides is 1. The van der Waals surface area contributed by atoms with Crippen molar-refractivity contribution in [3.05, 3.63) is 29.3 Å². The van der Waals surface area contributed by atoms with Gasteiger partial charge in [-0.3, -0.25) is 4.79 Å². The van der Waals surface area contributed by atoms with Gasteiger partial charge in [-0.25, -0.2) is 4.68 Å². The molecule has 1 fully saturated rings. The van der Waals surface area contributed by atoms with Crippen LogP contribution in [0.15, 0.2) is 29.4 Å². The first-order chi connectivity index (χ1) is 12.0. The van der Waals surface area contributed by atoms with Crippen molar-refractivity contribution in [2.45, 2.75) is 36.3 Å². The number of nitrogens with one attached hydrogen (secondary N) is 1. The lowest BCUT2D eigenvalue weighted by Gasteiger charge is -2.14. The quantitative estimate of drug-likeness (QED) is 0.587. The molecular formula is C16H20ClN5O2S. The Morgan fingerprint density at radius 3 is 2.92 bits per heavy atom. The Balaban J connectivity index is 1.60. The number of nitrogens with two attached hydrogens (primary N) is 1. The SMILES string of the molecule is C[C@@H](Sc1nnc(-c2ccc(Cl)cc2)n1N)C(=O)NC[C@@H]1CCCO1. The standard InChI is InChI=1S/C16H20ClN5O2S/c1-10(15(23)19-9-13-3-2-8-24-13)25-16-21-20-14(22(16)18)11-4-6-12(17)7-5-11/h4-7,10,13H,2-3,8-9,18H2,1H3,(H,19,23)/t10-,13+/m1/s1. The third-order valence-electron chi connectivity index (χ3n) is 3.95. The molecule has 1 saturated heterocycles. The van der Waals surface area contributed by atoms with Crippen LogP contribution >= 0.6 is 23.4 Å². The number of nitrogen functional groups attached to an aromatic ring is 1. The highest BCUT2D eigenvalue weighted by molar-refractivity contribution is 8.00. The Kier molecular flexibility index (Phi) is 5.82. The van der Waals surface area contributed by atoms with Crippen molar-refractivity contribution in [2.24, 2.45) is 0 Å². The normalized spacial score (nSPS) is 18.2. The Morgan fingerprint density at radius 1 is 1.48 bits per heavy atom. The molecule has 1 aromatic carbocycles. The van der Waals surface area contributed by atoms with E-state index < -0.39 is 0 Å². The maximum atomic E-state index is 12.2. The van der Waals surface area contributed by atoms with Gasteiger partial charge >= 0.3 is 0 Å². The minimum atomic E-state index is -0.342. The number of hydrogen-bond acceptors (Lipinski definition) is 6. The molecule has 0 unspecified atom stereocenters. The Labute approximate surface area is 155 Å². The van der Waals surface area contributed by atoms with Crippen molar-refractivity contribution >= 4 is 29.3 Å². The highest BCUT2D eigenvalue weighted by atomic mass is 35.5. The van der Waals surface area contributed by atoms with Crippen LogP contribution in [0.25, 0.3) is 11.4 Å². The molecule has 1 amide bonds. The molecule has 0 aliphatic carbocycles.